The average molecular weight is 168 g/mol. The van der Waals surface area contributed by atoms with Crippen molar-refractivity contribution in [3.05, 3.63) is 35.3 Å². The van der Waals surface area contributed by atoms with Gasteiger partial charge in [-0.3, -0.25) is 0 Å². The fourth-order valence-corrected chi connectivity index (χ4v) is 2.35. The van der Waals surface area contributed by atoms with Gasteiger partial charge in [0.05, 0.1) is 0 Å². The monoisotopic (exact) mass is 168 g/mol. The highest BCUT2D eigenvalue weighted by atomic mass is 32.2. The van der Waals surface area contributed by atoms with E-state index in [9.17, 15) is 0 Å². The zero-order valence-electron chi connectivity index (χ0n) is 5.77. The summed E-state index contributed by atoms with van der Waals surface area (Å²) >= 11 is 0. The van der Waals surface area contributed by atoms with Gasteiger partial charge in [-0.1, -0.05) is 12.2 Å². The largest absolute Gasteiger partial charge is 0.505 e. The summed E-state index contributed by atoms with van der Waals surface area (Å²) in [6.45, 7) is 0. The van der Waals surface area contributed by atoms with Crippen molar-refractivity contribution in [1.29, 1.82) is 0 Å². The molecule has 11 heavy (non-hydrogen) atoms. The van der Waals surface area contributed by atoms with E-state index in [0.717, 1.165) is 5.09 Å². The van der Waals surface area contributed by atoms with Crippen molar-refractivity contribution in [2.24, 2.45) is 0 Å². The molecule has 0 bridgehead atoms. The van der Waals surface area contributed by atoms with Crippen molar-refractivity contribution >= 4 is 10.9 Å². The molecule has 0 atom stereocenters. The minimum absolute atomic E-state index is 0.205. The molecule has 1 N–H and O–H groups in total. The Hall–Kier alpha value is -1.09. The maximum absolute atomic E-state index is 8.98. The van der Waals surface area contributed by atoms with Crippen LogP contribution in [0.5, 0.6) is 5.75 Å². The molecule has 0 saturated heterocycles. The van der Waals surface area contributed by atoms with Crippen LogP contribution in [0, 0.1) is 0 Å². The van der Waals surface area contributed by atoms with Crippen LogP contribution in [0.25, 0.3) is 0 Å². The molecule has 0 saturated carbocycles. The van der Waals surface area contributed by atoms with Crippen LogP contribution < -0.4 is 0 Å². The topological polar surface area (TPSA) is 33.4 Å². The van der Waals surface area contributed by atoms with Crippen molar-refractivity contribution in [3.63, 3.8) is 0 Å². The number of allylic oxidation sites excluding steroid dienone is 2. The van der Waals surface area contributed by atoms with Gasteiger partial charge in [-0.05, 0) is 10.8 Å². The van der Waals surface area contributed by atoms with Gasteiger partial charge in [0.2, 0.25) is 0 Å². The highest BCUT2D eigenvalue weighted by Gasteiger charge is 2.06. The first-order chi connectivity index (χ1) is 5.36. The van der Waals surface area contributed by atoms with Crippen LogP contribution in [0.2, 0.25) is 0 Å². The molecule has 0 radical (unpaired) electrons. The molecule has 2 nitrogen and oxygen atoms in total. The maximum atomic E-state index is 8.98. The molecule has 0 aromatic carbocycles. The first-order valence-corrected chi connectivity index (χ1v) is 4.75. The lowest BCUT2D eigenvalue weighted by Crippen LogP contribution is -1.64. The van der Waals surface area contributed by atoms with Crippen LogP contribution in [0.1, 0.15) is 0 Å². The van der Waals surface area contributed by atoms with E-state index in [2.05, 4.69) is 10.8 Å². The molecule has 1 aromatic heterocycles. The third-order valence-corrected chi connectivity index (χ3v) is 3.16. The molecule has 0 unspecified atom stereocenters. The molecule has 1 aliphatic heterocycles. The molecule has 2 rings (SSSR count). The highest BCUT2D eigenvalue weighted by molar-refractivity contribution is 8.22. The first kappa shape index (κ1) is 6.61. The van der Waals surface area contributed by atoms with Crippen LogP contribution >= 0.6 is 10.9 Å². The fraction of sp³-hybridized carbons (Fsp3) is 0. The second-order valence-corrected chi connectivity index (χ2v) is 4.09. The van der Waals surface area contributed by atoms with Crippen molar-refractivity contribution in [1.82, 2.24) is 0 Å². The highest BCUT2D eigenvalue weighted by Crippen LogP contribution is 2.43. The first-order valence-electron chi connectivity index (χ1n) is 3.27. The third kappa shape index (κ3) is 1.19. The van der Waals surface area contributed by atoms with Crippen molar-refractivity contribution in [3.8, 4) is 5.75 Å². The normalized spacial score (nSPS) is 18.0. The summed E-state index contributed by atoms with van der Waals surface area (Å²) in [4.78, 5) is 0. The third-order valence-electron chi connectivity index (χ3n) is 1.43. The molecule has 2 heterocycles. The van der Waals surface area contributed by atoms with E-state index >= 15 is 0 Å². The Balaban J connectivity index is 2.29. The standard InChI is InChI=1S/C8H8O2S/c9-7-5-8(10-6-7)11-3-1-2-4-11/h1-6,9,11H. The Morgan fingerprint density at radius 3 is 2.55 bits per heavy atom. The summed E-state index contributed by atoms with van der Waals surface area (Å²) in [5.74, 6) is 0.205. The zero-order valence-corrected chi connectivity index (χ0v) is 6.66. The summed E-state index contributed by atoms with van der Waals surface area (Å²) in [5.41, 5.74) is 0. The number of hydrogen-bond donors (Lipinski definition) is 2. The quantitative estimate of drug-likeness (QED) is 0.631. The van der Waals surface area contributed by atoms with Crippen molar-refractivity contribution in [2.45, 2.75) is 5.09 Å². The van der Waals surface area contributed by atoms with E-state index in [4.69, 9.17) is 9.52 Å². The fourth-order valence-electron chi connectivity index (χ4n) is 0.932. The lowest BCUT2D eigenvalue weighted by molar-refractivity contribution is 0.440. The smallest absolute Gasteiger partial charge is 0.154 e. The van der Waals surface area contributed by atoms with Gasteiger partial charge < -0.3 is 9.52 Å². The van der Waals surface area contributed by atoms with E-state index in [1.54, 1.807) is 6.07 Å². The molecule has 3 heteroatoms. The molecule has 0 aliphatic carbocycles. The van der Waals surface area contributed by atoms with Gasteiger partial charge in [-0.25, -0.2) is 0 Å². The van der Waals surface area contributed by atoms with Crippen LogP contribution in [0.3, 0.4) is 0 Å². The minimum Gasteiger partial charge on any atom is -0.505 e. The van der Waals surface area contributed by atoms with E-state index in [1.165, 1.54) is 6.26 Å². The van der Waals surface area contributed by atoms with Gasteiger partial charge in [0.15, 0.2) is 10.8 Å². The van der Waals surface area contributed by atoms with Crippen LogP contribution in [-0.4, -0.2) is 5.11 Å². The molecular formula is C8H8O2S. The maximum Gasteiger partial charge on any atom is 0.154 e. The average Bonchev–Trinajstić information content (AvgIpc) is 2.55. The Labute approximate surface area is 67.2 Å². The van der Waals surface area contributed by atoms with Gasteiger partial charge >= 0.3 is 0 Å². The molecular weight excluding hydrogens is 160 g/mol. The van der Waals surface area contributed by atoms with Crippen LogP contribution in [-0.2, 0) is 0 Å². The summed E-state index contributed by atoms with van der Waals surface area (Å²) in [6, 6.07) is 1.66. The Bertz CT molecular complexity index is 300. The predicted octanol–water partition coefficient (Wildman–Crippen LogP) is 2.39. The number of rotatable bonds is 1. The van der Waals surface area contributed by atoms with E-state index < -0.39 is 10.9 Å². The summed E-state index contributed by atoms with van der Waals surface area (Å²) in [7, 11) is -0.407. The van der Waals surface area contributed by atoms with E-state index in [1.807, 2.05) is 12.2 Å². The predicted molar refractivity (Wildman–Crippen MR) is 45.9 cm³/mol. The second kappa shape index (κ2) is 2.51. The van der Waals surface area contributed by atoms with Gasteiger partial charge in [0, 0.05) is 6.07 Å². The van der Waals surface area contributed by atoms with Crippen molar-refractivity contribution in [2.75, 3.05) is 0 Å². The number of thiol groups is 1. The minimum atomic E-state index is -0.407. The molecule has 58 valence electrons. The lowest BCUT2D eigenvalue weighted by Gasteiger charge is -2.02. The number of aromatic hydroxyl groups is 1. The molecule has 0 fully saturated rings. The van der Waals surface area contributed by atoms with E-state index in [-0.39, 0.29) is 5.75 Å². The van der Waals surface area contributed by atoms with Crippen LogP contribution in [0.4, 0.5) is 0 Å². The number of hydrogen-bond acceptors (Lipinski definition) is 2. The van der Waals surface area contributed by atoms with Gasteiger partial charge in [-0.15, -0.1) is 0 Å². The molecule has 1 aliphatic rings. The SMILES string of the molecule is Oc1coc([SH]2C=CC=C2)c1. The van der Waals surface area contributed by atoms with E-state index in [0.29, 0.717) is 0 Å². The summed E-state index contributed by atoms with van der Waals surface area (Å²) in [6.07, 6.45) is 5.34. The Morgan fingerprint density at radius 1 is 1.27 bits per heavy atom. The molecule has 0 amide bonds. The van der Waals surface area contributed by atoms with Gasteiger partial charge in [0.25, 0.3) is 0 Å². The van der Waals surface area contributed by atoms with Crippen LogP contribution in [0.15, 0.2) is 44.8 Å². The number of furan rings is 1. The van der Waals surface area contributed by atoms with Crippen molar-refractivity contribution < 1.29 is 9.52 Å². The summed E-state index contributed by atoms with van der Waals surface area (Å²) < 4.78 is 5.12. The Kier molecular flexibility index (Phi) is 1.51. The van der Waals surface area contributed by atoms with Gasteiger partial charge in [0.1, 0.15) is 6.26 Å². The second-order valence-electron chi connectivity index (χ2n) is 2.23. The molecule has 0 spiro atoms. The Morgan fingerprint density at radius 2 is 2.00 bits per heavy atom. The van der Waals surface area contributed by atoms with Gasteiger partial charge in [-0.2, -0.15) is 10.9 Å². The summed E-state index contributed by atoms with van der Waals surface area (Å²) in [5, 5.41) is 14.0. The molecule has 1 aromatic rings. The zero-order chi connectivity index (χ0) is 7.68. The lowest BCUT2D eigenvalue weighted by atomic mass is 10.6.